The third-order valence-corrected chi connectivity index (χ3v) is 18.6. The van der Waals surface area contributed by atoms with E-state index in [9.17, 15) is 19.2 Å². The van der Waals surface area contributed by atoms with Crippen LogP contribution in [-0.4, -0.2) is 133 Å². The van der Waals surface area contributed by atoms with Gasteiger partial charge in [-0.3, -0.25) is 34.3 Å². The van der Waals surface area contributed by atoms with E-state index in [1.807, 2.05) is 39.6 Å². The number of hydrogen-bond acceptors (Lipinski definition) is 12. The van der Waals surface area contributed by atoms with Crippen LogP contribution >= 0.6 is 0 Å². The maximum absolute atomic E-state index is 15.3. The Bertz CT molecular complexity index is 3070. The highest BCUT2D eigenvalue weighted by atomic mass is 19.1. The lowest BCUT2D eigenvalue weighted by Crippen LogP contribution is -2.58. The molecule has 5 aromatic rings. The van der Waals surface area contributed by atoms with Crippen molar-refractivity contribution in [1.29, 1.82) is 0 Å². The summed E-state index contributed by atoms with van der Waals surface area (Å²) >= 11 is 0. The Labute approximate surface area is 449 Å². The number of fused-ring (bicyclic) bond motifs is 3. The topological polar surface area (TPSA) is 182 Å². The number of rotatable bonds is 11. The first-order chi connectivity index (χ1) is 37.3. The van der Waals surface area contributed by atoms with Crippen molar-refractivity contribution in [3.63, 3.8) is 0 Å². The summed E-state index contributed by atoms with van der Waals surface area (Å²) in [5, 5.41) is 5.68. The largest absolute Gasteiger partial charge is 0.357 e. The van der Waals surface area contributed by atoms with Gasteiger partial charge in [0.1, 0.15) is 11.3 Å². The number of aromatic nitrogens is 5. The van der Waals surface area contributed by atoms with Crippen molar-refractivity contribution in [3.05, 3.63) is 84.3 Å². The van der Waals surface area contributed by atoms with Gasteiger partial charge in [0.05, 0.1) is 40.8 Å². The summed E-state index contributed by atoms with van der Waals surface area (Å²) in [4.78, 5) is 97.1. The van der Waals surface area contributed by atoms with Gasteiger partial charge in [0.25, 0.3) is 0 Å². The van der Waals surface area contributed by atoms with Crippen molar-refractivity contribution in [2.45, 2.75) is 146 Å². The minimum Gasteiger partial charge on any atom is -0.357 e. The maximum Gasteiger partial charge on any atom is 0.238 e. The summed E-state index contributed by atoms with van der Waals surface area (Å²) in [5.74, 6) is 0.199. The molecule has 2 saturated carbocycles. The standard InChI is InChI=1S/C59H71FN12O5/c1-36(2)71-35-63-49-32-48(65-54(53(49)71)64-47-17-22-61-34-46(47)60)39-9-14-45-50(29-39)72(43-30-42(31-43)68-23-5-4-6-24-68)58(77)59(45)20-27-70(28-21-59)57(76)38-18-25-69(26-19-38)56(75)37-7-11-41(12-8-37)67(3)51-15-10-40(33-62-51)44-13-16-52(73)66-55(44)74/h9-10,14-15,17,22,29,32-38,41-44H,4-8,11-13,16,18-21,23-28,30-31H2,1-3H3,(H,61,64,65)(H,66,73,74). The molecule has 404 valence electrons. The van der Waals surface area contributed by atoms with Gasteiger partial charge < -0.3 is 34.4 Å². The Kier molecular flexibility index (Phi) is 13.8. The minimum atomic E-state index is -0.748. The number of nitrogens with zero attached hydrogens (tertiary/aromatic N) is 10. The van der Waals surface area contributed by atoms with Crippen LogP contribution in [0, 0.1) is 17.7 Å². The van der Waals surface area contributed by atoms with Gasteiger partial charge in [-0.1, -0.05) is 24.6 Å². The van der Waals surface area contributed by atoms with Crippen LogP contribution in [0.1, 0.15) is 133 Å². The van der Waals surface area contributed by atoms with E-state index in [4.69, 9.17) is 9.97 Å². The predicted molar refractivity (Wildman–Crippen MR) is 291 cm³/mol. The number of amides is 5. The highest BCUT2D eigenvalue weighted by Gasteiger charge is 2.56. The van der Waals surface area contributed by atoms with Crippen molar-refractivity contribution in [2.75, 3.05) is 61.4 Å². The quantitative estimate of drug-likeness (QED) is 0.122. The number of carbonyl (C=O) groups excluding carboxylic acids is 5. The molecule has 17 nitrogen and oxygen atoms in total. The van der Waals surface area contributed by atoms with Crippen molar-refractivity contribution in [3.8, 4) is 11.3 Å². The first-order valence-corrected chi connectivity index (χ1v) is 28.4. The monoisotopic (exact) mass is 1050 g/mol. The number of anilines is 4. The zero-order valence-electron chi connectivity index (χ0n) is 44.6. The minimum absolute atomic E-state index is 0.0429. The molecule has 6 fully saturated rings. The lowest BCUT2D eigenvalue weighted by Gasteiger charge is -2.48. The van der Waals surface area contributed by atoms with Gasteiger partial charge in [-0.15, -0.1) is 0 Å². The highest BCUT2D eigenvalue weighted by molar-refractivity contribution is 6.09. The Morgan fingerprint density at radius 1 is 0.805 bits per heavy atom. The van der Waals surface area contributed by atoms with E-state index in [2.05, 4.69) is 67.3 Å². The van der Waals surface area contributed by atoms with E-state index < -0.39 is 11.2 Å². The predicted octanol–water partition coefficient (Wildman–Crippen LogP) is 8.03. The number of imidazole rings is 1. The maximum atomic E-state index is 15.3. The third-order valence-electron chi connectivity index (χ3n) is 18.6. The molecule has 1 aromatic carbocycles. The first-order valence-electron chi connectivity index (χ1n) is 28.4. The molecule has 1 spiro atoms. The second-order valence-corrected chi connectivity index (χ2v) is 23.3. The molecular weight excluding hydrogens is 976 g/mol. The molecule has 12 rings (SSSR count). The number of hydrogen-bond donors (Lipinski definition) is 2. The number of imide groups is 1. The molecule has 0 bridgehead atoms. The van der Waals surface area contributed by atoms with Crippen LogP contribution < -0.4 is 20.4 Å². The second kappa shape index (κ2) is 20.9. The smallest absolute Gasteiger partial charge is 0.238 e. The van der Waals surface area contributed by atoms with E-state index in [0.717, 1.165) is 90.8 Å². The average Bonchev–Trinajstić information content (AvgIpc) is 4.20. The van der Waals surface area contributed by atoms with Crippen molar-refractivity contribution in [2.24, 2.45) is 11.8 Å². The number of piperidine rings is 4. The van der Waals surface area contributed by atoms with Gasteiger partial charge in [-0.25, -0.2) is 19.3 Å². The highest BCUT2D eigenvalue weighted by Crippen LogP contribution is 2.52. The Hall–Kier alpha value is -6.82. The molecule has 2 aliphatic carbocycles. The van der Waals surface area contributed by atoms with Crippen LogP contribution in [0.15, 0.2) is 67.4 Å². The van der Waals surface area contributed by atoms with E-state index in [0.29, 0.717) is 82.3 Å². The Balaban J connectivity index is 0.701. The molecule has 18 heteroatoms. The Morgan fingerprint density at radius 3 is 2.22 bits per heavy atom. The number of benzene rings is 1. The molecule has 1 unspecified atom stereocenters. The summed E-state index contributed by atoms with van der Waals surface area (Å²) in [6.07, 6.45) is 18.3. The lowest BCUT2D eigenvalue weighted by atomic mass is 9.73. The molecule has 7 aliphatic rings. The lowest BCUT2D eigenvalue weighted by molar-refractivity contribution is -0.144. The molecule has 5 amide bonds. The molecule has 0 radical (unpaired) electrons. The van der Waals surface area contributed by atoms with Crippen LogP contribution in [-0.2, 0) is 29.4 Å². The van der Waals surface area contributed by atoms with Crippen LogP contribution in [0.3, 0.4) is 0 Å². The number of carbonyl (C=O) groups is 5. The van der Waals surface area contributed by atoms with Gasteiger partial charge in [0.2, 0.25) is 29.5 Å². The van der Waals surface area contributed by atoms with Gasteiger partial charge in [-0.05, 0) is 146 Å². The number of halogens is 1. The molecule has 9 heterocycles. The average molecular weight is 1050 g/mol. The van der Waals surface area contributed by atoms with Gasteiger partial charge in [0, 0.05) is 99.3 Å². The van der Waals surface area contributed by atoms with E-state index >= 15 is 9.18 Å². The van der Waals surface area contributed by atoms with Crippen LogP contribution in [0.5, 0.6) is 0 Å². The first kappa shape index (κ1) is 51.0. The summed E-state index contributed by atoms with van der Waals surface area (Å²) in [6.45, 7) is 8.50. The zero-order chi connectivity index (χ0) is 53.1. The van der Waals surface area contributed by atoms with Gasteiger partial charge in [-0.2, -0.15) is 0 Å². The fourth-order valence-corrected chi connectivity index (χ4v) is 13.9. The van der Waals surface area contributed by atoms with Gasteiger partial charge in [0.15, 0.2) is 11.6 Å². The molecule has 1 atom stereocenters. The van der Waals surface area contributed by atoms with E-state index in [1.165, 1.54) is 25.5 Å². The molecule has 2 N–H and O–H groups in total. The van der Waals surface area contributed by atoms with Crippen molar-refractivity contribution >= 4 is 63.6 Å². The van der Waals surface area contributed by atoms with Crippen LogP contribution in [0.4, 0.5) is 27.4 Å². The second-order valence-electron chi connectivity index (χ2n) is 23.3. The summed E-state index contributed by atoms with van der Waals surface area (Å²) in [5.41, 5.74) is 5.26. The van der Waals surface area contributed by atoms with Crippen LogP contribution in [0.2, 0.25) is 0 Å². The summed E-state index contributed by atoms with van der Waals surface area (Å²) < 4.78 is 17.1. The summed E-state index contributed by atoms with van der Waals surface area (Å²) in [7, 11) is 2.04. The van der Waals surface area contributed by atoms with E-state index in [-0.39, 0.29) is 71.1 Å². The summed E-state index contributed by atoms with van der Waals surface area (Å²) in [6, 6.07) is 14.6. The van der Waals surface area contributed by atoms with Crippen molar-refractivity contribution in [1.82, 2.24) is 44.5 Å². The van der Waals surface area contributed by atoms with Crippen LogP contribution in [0.25, 0.3) is 22.3 Å². The van der Waals surface area contributed by atoms with Crippen molar-refractivity contribution < 1.29 is 28.4 Å². The zero-order valence-corrected chi connectivity index (χ0v) is 44.6. The Morgan fingerprint density at radius 2 is 1.53 bits per heavy atom. The normalized spacial score (nSPS) is 25.0. The molecular formula is C59H71FN12O5. The number of pyridine rings is 3. The molecule has 4 saturated heterocycles. The molecule has 4 aromatic heterocycles. The SMILES string of the molecule is CC(C)n1cnc2cc(-c3ccc4c(c3)N(C3CC(N5CCCCC5)C3)C(=O)C43CCN(C(=O)C4CCN(C(=O)C5CCC(N(C)c6ccc(C7CCC(=O)NC7=O)cn6)CC5)CC4)CC3)nc(Nc3ccncc3F)c21. The fraction of sp³-hybridized carbons (Fsp3) is 0.542. The third kappa shape index (κ3) is 9.51. The number of likely N-dealkylation sites (tertiary alicyclic amines) is 3. The fourth-order valence-electron chi connectivity index (χ4n) is 13.9. The van der Waals surface area contributed by atoms with Gasteiger partial charge >= 0.3 is 0 Å². The van der Waals surface area contributed by atoms with E-state index in [1.54, 1.807) is 24.8 Å². The molecule has 77 heavy (non-hydrogen) atoms. The number of nitrogens with one attached hydrogen (secondary N) is 2. The molecule has 5 aliphatic heterocycles.